The predicted octanol–water partition coefficient (Wildman–Crippen LogP) is 4.38. The number of aryl methyl sites for hydroxylation is 1. The van der Waals surface area contributed by atoms with Gasteiger partial charge in [0.2, 0.25) is 0 Å². The molecule has 0 fully saturated rings. The zero-order valence-electron chi connectivity index (χ0n) is 15.3. The van der Waals surface area contributed by atoms with Gasteiger partial charge in [0.05, 0.1) is 22.3 Å². The summed E-state index contributed by atoms with van der Waals surface area (Å²) in [4.78, 5) is 25.0. The van der Waals surface area contributed by atoms with Crippen molar-refractivity contribution in [3.8, 4) is 6.07 Å². The number of esters is 1. The molecule has 0 aliphatic carbocycles. The number of nitrogens with zero attached hydrogens (tertiary/aromatic N) is 2. The summed E-state index contributed by atoms with van der Waals surface area (Å²) < 4.78 is 12.3. The second kappa shape index (κ2) is 7.66. The third kappa shape index (κ3) is 3.63. The van der Waals surface area contributed by atoms with Crippen LogP contribution in [0.3, 0.4) is 0 Å². The summed E-state index contributed by atoms with van der Waals surface area (Å²) >= 11 is 1.12. The molecule has 0 aromatic carbocycles. The van der Waals surface area contributed by atoms with Gasteiger partial charge >= 0.3 is 5.97 Å². The van der Waals surface area contributed by atoms with Gasteiger partial charge in [-0.3, -0.25) is 4.79 Å². The highest BCUT2D eigenvalue weighted by Gasteiger charge is 2.19. The van der Waals surface area contributed by atoms with Crippen LogP contribution in [0.4, 0.5) is 5.00 Å². The fourth-order valence-corrected chi connectivity index (χ4v) is 3.91. The van der Waals surface area contributed by atoms with Gasteiger partial charge in [0, 0.05) is 18.0 Å². The smallest absolute Gasteiger partial charge is 0.348 e. The van der Waals surface area contributed by atoms with E-state index in [0.29, 0.717) is 26.6 Å². The van der Waals surface area contributed by atoms with Gasteiger partial charge < -0.3 is 18.9 Å². The van der Waals surface area contributed by atoms with Crippen LogP contribution in [0.1, 0.15) is 36.9 Å². The number of carbonyl (C=O) groups excluding carboxylic acids is 2. The minimum atomic E-state index is -0.509. The molecule has 7 nitrogen and oxygen atoms in total. The van der Waals surface area contributed by atoms with Crippen LogP contribution >= 0.6 is 11.3 Å². The predicted molar refractivity (Wildman–Crippen MR) is 107 cm³/mol. The molecular weight excluding hydrogens is 390 g/mol. The largest absolute Gasteiger partial charge is 0.459 e. The number of anilines is 1. The average Bonchev–Trinajstić information content (AvgIpc) is 3.44. The molecule has 4 heterocycles. The average molecular weight is 405 g/mol. The van der Waals surface area contributed by atoms with E-state index in [1.54, 1.807) is 31.3 Å². The Morgan fingerprint density at radius 3 is 2.93 bits per heavy atom. The molecule has 29 heavy (non-hydrogen) atoms. The second-order valence-corrected chi connectivity index (χ2v) is 7.32. The molecule has 0 saturated heterocycles. The zero-order valence-corrected chi connectivity index (χ0v) is 16.2. The summed E-state index contributed by atoms with van der Waals surface area (Å²) in [6.45, 7) is 1.75. The van der Waals surface area contributed by atoms with E-state index in [9.17, 15) is 14.9 Å². The van der Waals surface area contributed by atoms with Gasteiger partial charge in [-0.25, -0.2) is 4.79 Å². The van der Waals surface area contributed by atoms with Crippen LogP contribution in [0.15, 0.2) is 59.5 Å². The molecule has 0 aliphatic heterocycles. The number of hydrogen-bond donors (Lipinski definition) is 1. The van der Waals surface area contributed by atoms with Crippen molar-refractivity contribution in [2.24, 2.45) is 0 Å². The van der Waals surface area contributed by atoms with Crippen molar-refractivity contribution in [3.05, 3.63) is 82.4 Å². The van der Waals surface area contributed by atoms with Crippen molar-refractivity contribution in [2.75, 3.05) is 5.32 Å². The summed E-state index contributed by atoms with van der Waals surface area (Å²) in [5, 5.41) is 12.7. The Kier molecular flexibility index (Phi) is 4.89. The highest BCUT2D eigenvalue weighted by atomic mass is 32.1. The van der Waals surface area contributed by atoms with Crippen LogP contribution in [0, 0.1) is 18.3 Å². The van der Waals surface area contributed by atoms with E-state index in [1.807, 2.05) is 28.8 Å². The van der Waals surface area contributed by atoms with Crippen LogP contribution in [-0.4, -0.2) is 16.3 Å². The minimum Gasteiger partial charge on any atom is -0.459 e. The first-order chi connectivity index (χ1) is 14.1. The van der Waals surface area contributed by atoms with Crippen LogP contribution in [0.25, 0.3) is 5.52 Å². The Balaban J connectivity index is 1.47. The number of aromatic nitrogens is 1. The summed E-state index contributed by atoms with van der Waals surface area (Å²) in [7, 11) is 0. The highest BCUT2D eigenvalue weighted by molar-refractivity contribution is 7.18. The molecule has 0 spiro atoms. The first-order valence-corrected chi connectivity index (χ1v) is 9.49. The van der Waals surface area contributed by atoms with E-state index >= 15 is 0 Å². The number of nitrogens with one attached hydrogen (secondary N) is 1. The molecule has 144 valence electrons. The summed E-state index contributed by atoms with van der Waals surface area (Å²) in [5.41, 5.74) is 2.56. The Bertz CT molecular complexity index is 1240. The quantitative estimate of drug-likeness (QED) is 0.497. The lowest BCUT2D eigenvalue weighted by Gasteiger charge is -2.03. The number of carbonyl (C=O) groups is 2. The monoisotopic (exact) mass is 405 g/mol. The van der Waals surface area contributed by atoms with Crippen LogP contribution < -0.4 is 5.32 Å². The number of pyridine rings is 1. The summed E-state index contributed by atoms with van der Waals surface area (Å²) in [5.74, 6) is -0.717. The maximum atomic E-state index is 12.5. The molecule has 4 aromatic heterocycles. The first kappa shape index (κ1) is 18.5. The van der Waals surface area contributed by atoms with Crippen molar-refractivity contribution >= 4 is 33.7 Å². The lowest BCUT2D eigenvalue weighted by Crippen LogP contribution is -2.09. The Hall–Kier alpha value is -3.83. The lowest BCUT2D eigenvalue weighted by molar-refractivity contribution is 0.0477. The summed E-state index contributed by atoms with van der Waals surface area (Å²) in [6, 6.07) is 12.6. The molecule has 0 saturated carbocycles. The van der Waals surface area contributed by atoms with Crippen LogP contribution in [0.2, 0.25) is 0 Å². The molecule has 0 unspecified atom stereocenters. The van der Waals surface area contributed by atoms with Crippen molar-refractivity contribution < 1.29 is 18.7 Å². The van der Waals surface area contributed by atoms with Gasteiger partial charge in [0.1, 0.15) is 17.6 Å². The van der Waals surface area contributed by atoms with Crippen molar-refractivity contribution in [1.29, 1.82) is 5.26 Å². The zero-order chi connectivity index (χ0) is 20.4. The van der Waals surface area contributed by atoms with E-state index in [1.165, 1.54) is 6.26 Å². The van der Waals surface area contributed by atoms with Gasteiger partial charge in [-0.2, -0.15) is 5.26 Å². The fourth-order valence-electron chi connectivity index (χ4n) is 2.95. The maximum Gasteiger partial charge on any atom is 0.348 e. The first-order valence-electron chi connectivity index (χ1n) is 8.68. The van der Waals surface area contributed by atoms with Crippen molar-refractivity contribution in [2.45, 2.75) is 13.5 Å². The lowest BCUT2D eigenvalue weighted by atomic mass is 10.2. The number of hydrogen-bond acceptors (Lipinski definition) is 6. The second-order valence-electron chi connectivity index (χ2n) is 6.26. The van der Waals surface area contributed by atoms with Crippen LogP contribution in [0.5, 0.6) is 0 Å². The SMILES string of the molecule is Cc1cc(NC(=O)c2ccco2)sc1C(=O)OCc1cn2ccccc2c1C#N. The molecule has 0 aliphatic rings. The summed E-state index contributed by atoms with van der Waals surface area (Å²) in [6.07, 6.45) is 5.02. The fraction of sp³-hybridized carbons (Fsp3) is 0.0952. The molecule has 4 aromatic rings. The van der Waals surface area contributed by atoms with E-state index in [0.717, 1.165) is 16.9 Å². The van der Waals surface area contributed by atoms with E-state index in [2.05, 4.69) is 11.4 Å². The number of fused-ring (bicyclic) bond motifs is 1. The molecule has 8 heteroatoms. The van der Waals surface area contributed by atoms with Gasteiger partial charge in [0.15, 0.2) is 5.76 Å². The van der Waals surface area contributed by atoms with Crippen LogP contribution in [-0.2, 0) is 11.3 Å². The molecule has 1 N–H and O–H groups in total. The topological polar surface area (TPSA) is 96.7 Å². The van der Waals surface area contributed by atoms with E-state index in [-0.39, 0.29) is 12.4 Å². The third-order valence-corrected chi connectivity index (χ3v) is 5.45. The highest BCUT2D eigenvalue weighted by Crippen LogP contribution is 2.28. The molecule has 0 atom stereocenters. The number of amides is 1. The van der Waals surface area contributed by atoms with Gasteiger partial charge in [-0.1, -0.05) is 6.07 Å². The van der Waals surface area contributed by atoms with Crippen molar-refractivity contribution in [3.63, 3.8) is 0 Å². The molecule has 1 amide bonds. The standard InChI is InChI=1S/C21H15N3O4S/c1-13-9-18(23-20(25)17-6-4-8-27-17)29-19(13)21(26)28-12-14-11-24-7-3-2-5-16(24)15(14)10-22/h2-9,11H,12H2,1H3,(H,23,25). The van der Waals surface area contributed by atoms with Gasteiger partial charge in [-0.05, 0) is 42.8 Å². The van der Waals surface area contributed by atoms with E-state index in [4.69, 9.17) is 9.15 Å². The van der Waals surface area contributed by atoms with Crippen molar-refractivity contribution in [1.82, 2.24) is 4.40 Å². The Labute approximate surface area is 169 Å². The minimum absolute atomic E-state index is 0.0190. The number of ether oxygens (including phenoxy) is 1. The number of furan rings is 1. The normalized spacial score (nSPS) is 10.6. The van der Waals surface area contributed by atoms with Gasteiger partial charge in [0.25, 0.3) is 5.91 Å². The molecule has 4 rings (SSSR count). The molecule has 0 radical (unpaired) electrons. The third-order valence-electron chi connectivity index (χ3n) is 4.32. The number of thiophene rings is 1. The molecular formula is C21H15N3O4S. The van der Waals surface area contributed by atoms with Gasteiger partial charge in [-0.15, -0.1) is 11.3 Å². The Morgan fingerprint density at radius 1 is 1.31 bits per heavy atom. The maximum absolute atomic E-state index is 12.5. The Morgan fingerprint density at radius 2 is 2.17 bits per heavy atom. The van der Waals surface area contributed by atoms with E-state index < -0.39 is 11.9 Å². The molecule has 0 bridgehead atoms. The number of rotatable bonds is 5. The number of nitriles is 1.